The number of ether oxygens (including phenoxy) is 4. The number of halogens is 1. The van der Waals surface area contributed by atoms with Crippen molar-refractivity contribution >= 4 is 59.1 Å². The van der Waals surface area contributed by atoms with Crippen molar-refractivity contribution < 1.29 is 47.3 Å². The average Bonchev–Trinajstić information content (AvgIpc) is 3.11. The average molecular weight is 879 g/mol. The molecule has 0 unspecified atom stereocenters. The van der Waals surface area contributed by atoms with Crippen LogP contribution in [0.3, 0.4) is 0 Å². The largest absolute Gasteiger partial charge is 0.444 e. The van der Waals surface area contributed by atoms with Crippen LogP contribution < -0.4 is 20.9 Å². The van der Waals surface area contributed by atoms with Gasteiger partial charge in [-0.2, -0.15) is 0 Å². The molecular formula is C45H63FN8O9. The number of anilines is 2. The van der Waals surface area contributed by atoms with Crippen molar-refractivity contribution in [3.63, 3.8) is 0 Å². The van der Waals surface area contributed by atoms with Crippen molar-refractivity contribution in [3.05, 3.63) is 65.0 Å². The molecule has 0 saturated carbocycles. The van der Waals surface area contributed by atoms with Crippen LogP contribution in [0.1, 0.15) is 111 Å². The molecule has 1 fully saturated rings. The number of piperazine rings is 1. The summed E-state index contributed by atoms with van der Waals surface area (Å²) in [4.78, 5) is 77.5. The fourth-order valence-corrected chi connectivity index (χ4v) is 6.36. The zero-order chi connectivity index (χ0) is 47.1. The number of carbonyl (C=O) groups excluding carboxylic acids is 5. The monoisotopic (exact) mass is 878 g/mol. The van der Waals surface area contributed by atoms with Gasteiger partial charge in [0.05, 0.1) is 0 Å². The van der Waals surface area contributed by atoms with Crippen LogP contribution in [0.4, 0.5) is 34.9 Å². The van der Waals surface area contributed by atoms with E-state index in [9.17, 15) is 24.0 Å². The van der Waals surface area contributed by atoms with E-state index < -0.39 is 58.5 Å². The number of carbonyl (C=O) groups is 5. The molecule has 0 aliphatic carbocycles. The summed E-state index contributed by atoms with van der Waals surface area (Å²) in [6.45, 7) is 24.9. The smallest absolute Gasteiger partial charge is 0.437 e. The number of nitrogens with zero attached hydrogens (tertiary/aromatic N) is 5. The van der Waals surface area contributed by atoms with Gasteiger partial charge in [-0.25, -0.2) is 23.6 Å². The van der Waals surface area contributed by atoms with Gasteiger partial charge in [-0.3, -0.25) is 15.4 Å². The van der Waals surface area contributed by atoms with Gasteiger partial charge in [-0.1, -0.05) is 12.1 Å². The SMILES string of the molecule is Cc1cc(NC(=O)c2ccc(C3=CCN(C(=NC(=O)OC(C)(C)C)NC(=O)OC(C)(C)C)CC3)c(F)c2)ccc1N1CCN(C(=NC(=O)OC(C)(C)C)NC(=O)OC(C)(C)C)CC1. The van der Waals surface area contributed by atoms with Crippen molar-refractivity contribution in [2.24, 2.45) is 9.98 Å². The summed E-state index contributed by atoms with van der Waals surface area (Å²) in [6, 6.07) is 9.80. The highest BCUT2D eigenvalue weighted by Crippen LogP contribution is 2.28. The van der Waals surface area contributed by atoms with Crippen molar-refractivity contribution in [1.82, 2.24) is 20.4 Å². The number of hydrogen-bond donors (Lipinski definition) is 3. The van der Waals surface area contributed by atoms with Gasteiger partial charge in [0.15, 0.2) is 0 Å². The first-order valence-electron chi connectivity index (χ1n) is 20.8. The quantitative estimate of drug-likeness (QED) is 0.152. The van der Waals surface area contributed by atoms with Crippen LogP contribution in [0.2, 0.25) is 0 Å². The lowest BCUT2D eigenvalue weighted by molar-refractivity contribution is 0.0536. The summed E-state index contributed by atoms with van der Waals surface area (Å²) >= 11 is 0. The standard InChI is InChI=1S/C45H63FN8O9/c1-28-26-31(15-17-34(28)52-22-24-54(25-23-52)37(50-40(58)62-44(8,9)10)51-41(59)63-45(11,12)13)47-35(55)30-14-16-32(33(46)27-30)29-18-20-53(21-19-29)36(48-38(56)60-42(2,3)4)49-39(57)61-43(5,6)7/h14-18,26-27H,19-25H2,1-13H3,(H,47,55)(H,48,49,56,57)(H,50,51,58,59). The number of amides is 5. The Morgan fingerprint density at radius 2 is 1.14 bits per heavy atom. The second kappa shape index (κ2) is 19.9. The lowest BCUT2D eigenvalue weighted by Gasteiger charge is -2.38. The molecule has 3 N–H and O–H groups in total. The Labute approximate surface area is 369 Å². The van der Waals surface area contributed by atoms with Gasteiger partial charge in [-0.15, -0.1) is 9.98 Å². The van der Waals surface area contributed by atoms with E-state index in [0.717, 1.165) is 11.3 Å². The van der Waals surface area contributed by atoms with Crippen molar-refractivity contribution in [2.75, 3.05) is 49.5 Å². The molecule has 0 radical (unpaired) electrons. The molecule has 2 heterocycles. The molecule has 0 atom stereocenters. The van der Waals surface area contributed by atoms with Gasteiger partial charge in [0.2, 0.25) is 11.9 Å². The fourth-order valence-electron chi connectivity index (χ4n) is 6.36. The van der Waals surface area contributed by atoms with Crippen LogP contribution in [0.15, 0.2) is 52.5 Å². The molecule has 2 aromatic rings. The minimum absolute atomic E-state index is 0.0323. The van der Waals surface area contributed by atoms with E-state index >= 15 is 4.39 Å². The van der Waals surface area contributed by atoms with Gasteiger partial charge in [0, 0.05) is 61.8 Å². The van der Waals surface area contributed by atoms with Crippen LogP contribution in [0.25, 0.3) is 5.57 Å². The number of benzene rings is 2. The molecule has 4 rings (SSSR count). The summed E-state index contributed by atoms with van der Waals surface area (Å²) in [6.07, 6.45) is -1.16. The summed E-state index contributed by atoms with van der Waals surface area (Å²) < 4.78 is 37.1. The van der Waals surface area contributed by atoms with Crippen LogP contribution in [-0.4, -0.2) is 114 Å². The van der Waals surface area contributed by atoms with Gasteiger partial charge >= 0.3 is 24.4 Å². The third-order valence-electron chi connectivity index (χ3n) is 8.87. The molecule has 63 heavy (non-hydrogen) atoms. The number of alkyl carbamates (subject to hydrolysis) is 2. The highest BCUT2D eigenvalue weighted by atomic mass is 19.1. The Morgan fingerprint density at radius 1 is 0.635 bits per heavy atom. The Kier molecular flexibility index (Phi) is 15.6. The molecule has 1 saturated heterocycles. The zero-order valence-corrected chi connectivity index (χ0v) is 38.8. The molecule has 344 valence electrons. The number of aryl methyl sites for hydroxylation is 1. The second-order valence-corrected chi connectivity index (χ2v) is 19.1. The summed E-state index contributed by atoms with van der Waals surface area (Å²) in [5.74, 6) is -1.10. The Balaban J connectivity index is 1.40. The van der Waals surface area contributed by atoms with Crippen LogP contribution in [0, 0.1) is 12.7 Å². The van der Waals surface area contributed by atoms with Crippen molar-refractivity contribution in [1.29, 1.82) is 0 Å². The van der Waals surface area contributed by atoms with E-state index in [2.05, 4.69) is 30.8 Å². The number of rotatable bonds is 4. The van der Waals surface area contributed by atoms with E-state index in [-0.39, 0.29) is 30.6 Å². The minimum Gasteiger partial charge on any atom is -0.444 e. The van der Waals surface area contributed by atoms with E-state index in [0.29, 0.717) is 49.4 Å². The molecule has 0 spiro atoms. The van der Waals surface area contributed by atoms with Crippen LogP contribution in [-0.2, 0) is 18.9 Å². The molecule has 5 amide bonds. The summed E-state index contributed by atoms with van der Waals surface area (Å²) in [7, 11) is 0. The van der Waals surface area contributed by atoms with Crippen LogP contribution in [0.5, 0.6) is 0 Å². The van der Waals surface area contributed by atoms with E-state index in [1.165, 1.54) is 6.07 Å². The highest BCUT2D eigenvalue weighted by Gasteiger charge is 2.28. The van der Waals surface area contributed by atoms with Gasteiger partial charge in [0.25, 0.3) is 5.91 Å². The maximum atomic E-state index is 15.6. The third kappa shape index (κ3) is 16.2. The Bertz CT molecular complexity index is 2130. The van der Waals surface area contributed by atoms with E-state index in [4.69, 9.17) is 18.9 Å². The second-order valence-electron chi connectivity index (χ2n) is 19.1. The first kappa shape index (κ1) is 49.5. The molecule has 2 aliphatic rings. The molecule has 2 aromatic carbocycles. The van der Waals surface area contributed by atoms with Gasteiger partial charge in [-0.05, 0) is 138 Å². The third-order valence-corrected chi connectivity index (χ3v) is 8.87. The van der Waals surface area contributed by atoms with Crippen LogP contribution >= 0.6 is 0 Å². The van der Waals surface area contributed by atoms with Crippen molar-refractivity contribution in [3.8, 4) is 0 Å². The number of guanidine groups is 2. The topological polar surface area (TPSA) is 193 Å². The van der Waals surface area contributed by atoms with Crippen molar-refractivity contribution in [2.45, 2.75) is 119 Å². The highest BCUT2D eigenvalue weighted by molar-refractivity contribution is 6.05. The Morgan fingerprint density at radius 3 is 1.59 bits per heavy atom. The Hall–Kier alpha value is -6.20. The minimum atomic E-state index is -0.890. The number of aliphatic imine (C=N–C) groups is 2. The van der Waals surface area contributed by atoms with Gasteiger partial charge < -0.3 is 39.0 Å². The molecule has 17 nitrogen and oxygen atoms in total. The molecule has 0 aromatic heterocycles. The lowest BCUT2D eigenvalue weighted by Crippen LogP contribution is -2.54. The summed E-state index contributed by atoms with van der Waals surface area (Å²) in [5, 5.41) is 8.02. The summed E-state index contributed by atoms with van der Waals surface area (Å²) in [5.41, 5.74) is 0.330. The van der Waals surface area contributed by atoms with Gasteiger partial charge in [0.1, 0.15) is 28.2 Å². The zero-order valence-electron chi connectivity index (χ0n) is 38.8. The first-order valence-corrected chi connectivity index (χ1v) is 20.8. The maximum Gasteiger partial charge on any atom is 0.437 e. The van der Waals surface area contributed by atoms with E-state index in [1.54, 1.807) is 117 Å². The van der Waals surface area contributed by atoms with E-state index in [1.807, 2.05) is 19.1 Å². The maximum absolute atomic E-state index is 15.6. The number of hydrogen-bond acceptors (Lipinski definition) is 10. The predicted octanol–water partition coefficient (Wildman–Crippen LogP) is 8.23. The first-order chi connectivity index (χ1) is 29.0. The molecule has 0 bridgehead atoms. The normalized spacial score (nSPS) is 15.5. The fraction of sp³-hybridized carbons (Fsp3) is 0.533. The molecule has 2 aliphatic heterocycles. The molecule has 18 heteroatoms. The number of nitrogens with one attached hydrogen (secondary N) is 3. The molecular weight excluding hydrogens is 816 g/mol. The predicted molar refractivity (Wildman–Crippen MR) is 240 cm³/mol. The lowest BCUT2D eigenvalue weighted by atomic mass is 9.97.